The average Bonchev–Trinajstić information content (AvgIpc) is 2.72. The molecular formula is C10H7BrF3N3S. The highest BCUT2D eigenvalue weighted by atomic mass is 79.9. The van der Waals surface area contributed by atoms with Gasteiger partial charge < -0.3 is 5.32 Å². The third kappa shape index (κ3) is 3.42. The number of thiophene rings is 1. The summed E-state index contributed by atoms with van der Waals surface area (Å²) in [5.41, 5.74) is -0.952. The van der Waals surface area contributed by atoms with Crippen molar-refractivity contribution in [2.24, 2.45) is 0 Å². The lowest BCUT2D eigenvalue weighted by Crippen LogP contribution is -2.11. The summed E-state index contributed by atoms with van der Waals surface area (Å²) in [5.74, 6) is -0.0330. The molecule has 0 aliphatic heterocycles. The number of nitrogens with zero attached hydrogens (tertiary/aromatic N) is 2. The number of hydrogen-bond donors (Lipinski definition) is 1. The Morgan fingerprint density at radius 1 is 1.39 bits per heavy atom. The zero-order chi connectivity index (χ0) is 13.2. The zero-order valence-electron chi connectivity index (χ0n) is 8.83. The fourth-order valence-corrected chi connectivity index (χ4v) is 2.61. The molecule has 8 heteroatoms. The van der Waals surface area contributed by atoms with Gasteiger partial charge in [-0.05, 0) is 28.1 Å². The Morgan fingerprint density at radius 3 is 2.78 bits per heavy atom. The highest BCUT2D eigenvalue weighted by Crippen LogP contribution is 2.27. The van der Waals surface area contributed by atoms with E-state index in [4.69, 9.17) is 0 Å². The first-order valence-corrected chi connectivity index (χ1v) is 6.49. The summed E-state index contributed by atoms with van der Waals surface area (Å²) in [4.78, 5) is 8.13. The molecular weight excluding hydrogens is 331 g/mol. The summed E-state index contributed by atoms with van der Waals surface area (Å²) in [5, 5.41) is 4.65. The summed E-state index contributed by atoms with van der Waals surface area (Å²) in [6.07, 6.45) is -3.37. The molecule has 0 amide bonds. The minimum Gasteiger partial charge on any atom is -0.349 e. The first kappa shape index (κ1) is 13.3. The maximum absolute atomic E-state index is 12.4. The summed E-state index contributed by atoms with van der Waals surface area (Å²) in [6.45, 7) is 0.386. The standard InChI is InChI=1S/C10H7BrF3N3S/c11-6-3-7(18-5-6)4-16-9-15-2-1-8(17-9)10(12,13)14/h1-3,5H,4H2,(H,15,16,17). The predicted molar refractivity (Wildman–Crippen MR) is 66.4 cm³/mol. The van der Waals surface area contributed by atoms with Gasteiger partial charge in [0.25, 0.3) is 0 Å². The molecule has 0 fully saturated rings. The smallest absolute Gasteiger partial charge is 0.349 e. The van der Waals surface area contributed by atoms with Gasteiger partial charge in [-0.2, -0.15) is 13.2 Å². The van der Waals surface area contributed by atoms with Gasteiger partial charge >= 0.3 is 6.18 Å². The highest BCUT2D eigenvalue weighted by molar-refractivity contribution is 9.10. The Balaban J connectivity index is 2.06. The number of rotatable bonds is 3. The van der Waals surface area contributed by atoms with Crippen molar-refractivity contribution in [1.82, 2.24) is 9.97 Å². The van der Waals surface area contributed by atoms with Crippen molar-refractivity contribution in [2.45, 2.75) is 12.7 Å². The molecule has 0 saturated heterocycles. The summed E-state index contributed by atoms with van der Waals surface area (Å²) < 4.78 is 38.2. The Labute approximate surface area is 113 Å². The van der Waals surface area contributed by atoms with E-state index in [1.807, 2.05) is 11.4 Å². The van der Waals surface area contributed by atoms with Crippen LogP contribution in [0.2, 0.25) is 0 Å². The summed E-state index contributed by atoms with van der Waals surface area (Å²) in [7, 11) is 0. The zero-order valence-corrected chi connectivity index (χ0v) is 11.2. The van der Waals surface area contributed by atoms with Crippen molar-refractivity contribution >= 4 is 33.2 Å². The van der Waals surface area contributed by atoms with Crippen molar-refractivity contribution < 1.29 is 13.2 Å². The predicted octanol–water partition coefficient (Wildman–Crippen LogP) is 3.93. The number of anilines is 1. The molecule has 1 N–H and O–H groups in total. The second-order valence-electron chi connectivity index (χ2n) is 3.35. The van der Waals surface area contributed by atoms with Crippen LogP contribution < -0.4 is 5.32 Å². The minimum absolute atomic E-state index is 0.0330. The number of halogens is 4. The lowest BCUT2D eigenvalue weighted by molar-refractivity contribution is -0.141. The minimum atomic E-state index is -4.45. The van der Waals surface area contributed by atoms with Crippen molar-refractivity contribution in [1.29, 1.82) is 0 Å². The molecule has 0 radical (unpaired) electrons. The molecule has 0 atom stereocenters. The summed E-state index contributed by atoms with van der Waals surface area (Å²) >= 11 is 4.79. The van der Waals surface area contributed by atoms with E-state index in [0.29, 0.717) is 6.54 Å². The fraction of sp³-hybridized carbons (Fsp3) is 0.200. The molecule has 0 aromatic carbocycles. The van der Waals surface area contributed by atoms with E-state index in [1.165, 1.54) is 11.3 Å². The lowest BCUT2D eigenvalue weighted by Gasteiger charge is -2.07. The number of alkyl halides is 3. The average molecular weight is 338 g/mol. The number of nitrogens with one attached hydrogen (secondary N) is 1. The molecule has 18 heavy (non-hydrogen) atoms. The Morgan fingerprint density at radius 2 is 2.17 bits per heavy atom. The lowest BCUT2D eigenvalue weighted by atomic mass is 10.4. The van der Waals surface area contributed by atoms with Crippen molar-refractivity contribution in [3.8, 4) is 0 Å². The van der Waals surface area contributed by atoms with Crippen LogP contribution >= 0.6 is 27.3 Å². The van der Waals surface area contributed by atoms with Gasteiger partial charge in [0.05, 0.1) is 6.54 Å². The monoisotopic (exact) mass is 337 g/mol. The Hall–Kier alpha value is -1.15. The number of hydrogen-bond acceptors (Lipinski definition) is 4. The molecule has 0 saturated carbocycles. The van der Waals surface area contributed by atoms with Crippen LogP contribution in [-0.4, -0.2) is 9.97 Å². The van der Waals surface area contributed by atoms with Crippen LogP contribution in [0.4, 0.5) is 19.1 Å². The fourth-order valence-electron chi connectivity index (χ4n) is 1.21. The van der Waals surface area contributed by atoms with Crippen LogP contribution in [0.3, 0.4) is 0 Å². The molecule has 0 bridgehead atoms. The first-order chi connectivity index (χ1) is 8.45. The van der Waals surface area contributed by atoms with E-state index in [2.05, 4.69) is 31.2 Å². The van der Waals surface area contributed by atoms with E-state index in [0.717, 1.165) is 21.6 Å². The van der Waals surface area contributed by atoms with Gasteiger partial charge in [-0.25, -0.2) is 9.97 Å². The van der Waals surface area contributed by atoms with Gasteiger partial charge in [0.15, 0.2) is 0 Å². The van der Waals surface area contributed by atoms with Crippen molar-refractivity contribution in [3.63, 3.8) is 0 Å². The first-order valence-electron chi connectivity index (χ1n) is 4.82. The van der Waals surface area contributed by atoms with E-state index in [1.54, 1.807) is 0 Å². The van der Waals surface area contributed by atoms with E-state index < -0.39 is 11.9 Å². The number of aromatic nitrogens is 2. The molecule has 0 unspecified atom stereocenters. The van der Waals surface area contributed by atoms with Gasteiger partial charge in [-0.1, -0.05) is 0 Å². The Kier molecular flexibility index (Phi) is 3.86. The van der Waals surface area contributed by atoms with Crippen LogP contribution in [0.25, 0.3) is 0 Å². The van der Waals surface area contributed by atoms with Gasteiger partial charge in [0, 0.05) is 20.9 Å². The van der Waals surface area contributed by atoms with Gasteiger partial charge in [0.1, 0.15) is 5.69 Å². The molecule has 2 aromatic rings. The quantitative estimate of drug-likeness (QED) is 0.921. The molecule has 0 spiro atoms. The van der Waals surface area contributed by atoms with Crippen LogP contribution in [0.1, 0.15) is 10.6 Å². The van der Waals surface area contributed by atoms with Crippen LogP contribution in [0.5, 0.6) is 0 Å². The van der Waals surface area contributed by atoms with E-state index in [-0.39, 0.29) is 5.95 Å². The largest absolute Gasteiger partial charge is 0.433 e. The highest BCUT2D eigenvalue weighted by Gasteiger charge is 2.32. The van der Waals surface area contributed by atoms with Gasteiger partial charge in [0.2, 0.25) is 5.95 Å². The molecule has 0 aliphatic rings. The van der Waals surface area contributed by atoms with Gasteiger partial charge in [-0.15, -0.1) is 11.3 Å². The topological polar surface area (TPSA) is 37.8 Å². The second kappa shape index (κ2) is 5.23. The normalized spacial score (nSPS) is 11.6. The third-order valence-corrected chi connectivity index (χ3v) is 3.69. The van der Waals surface area contributed by atoms with E-state index in [9.17, 15) is 13.2 Å². The molecule has 2 heterocycles. The van der Waals surface area contributed by atoms with Crippen LogP contribution in [0.15, 0.2) is 28.2 Å². The molecule has 2 rings (SSSR count). The molecule has 0 aliphatic carbocycles. The van der Waals surface area contributed by atoms with E-state index >= 15 is 0 Å². The second-order valence-corrected chi connectivity index (χ2v) is 5.26. The van der Waals surface area contributed by atoms with Crippen LogP contribution in [0, 0.1) is 0 Å². The maximum atomic E-state index is 12.4. The SMILES string of the molecule is FC(F)(F)c1ccnc(NCc2cc(Br)cs2)n1. The maximum Gasteiger partial charge on any atom is 0.433 e. The van der Waals surface area contributed by atoms with Crippen LogP contribution in [-0.2, 0) is 12.7 Å². The molecule has 96 valence electrons. The Bertz CT molecular complexity index is 541. The third-order valence-electron chi connectivity index (χ3n) is 1.99. The van der Waals surface area contributed by atoms with Crippen molar-refractivity contribution in [3.05, 3.63) is 38.8 Å². The summed E-state index contributed by atoms with van der Waals surface area (Å²) in [6, 6.07) is 2.72. The molecule has 3 nitrogen and oxygen atoms in total. The van der Waals surface area contributed by atoms with Gasteiger partial charge in [-0.3, -0.25) is 0 Å². The molecule has 2 aromatic heterocycles. The van der Waals surface area contributed by atoms with Crippen molar-refractivity contribution in [2.75, 3.05) is 5.32 Å².